The van der Waals surface area contributed by atoms with Gasteiger partial charge in [-0.2, -0.15) is 0 Å². The van der Waals surface area contributed by atoms with Gasteiger partial charge in [0.25, 0.3) is 0 Å². The molecule has 3 aromatic rings. The predicted octanol–water partition coefficient (Wildman–Crippen LogP) is 4.32. The van der Waals surface area contributed by atoms with Gasteiger partial charge in [-0.15, -0.1) is 0 Å². The highest BCUT2D eigenvalue weighted by Gasteiger charge is 2.33. The Hall–Kier alpha value is -3.72. The molecule has 1 unspecified atom stereocenters. The Morgan fingerprint density at radius 2 is 1.51 bits per heavy atom. The molecule has 0 saturated carbocycles. The molecule has 3 rings (SSSR count). The number of nitrogens with one attached hydrogen (secondary N) is 1. The summed E-state index contributed by atoms with van der Waals surface area (Å²) < 4.78 is 40.6. The van der Waals surface area contributed by atoms with Crippen LogP contribution in [-0.4, -0.2) is 50.0 Å². The molecule has 0 heterocycles. The SMILES string of the molecule is CCc1ccccc1N(CC(=O)N(Cc1ccc(F)cc1)C(Cc1ccccc1)C(=O)NC(C)C)S(C)(=O)=O. The Balaban J connectivity index is 2.07. The van der Waals surface area contributed by atoms with E-state index in [-0.39, 0.29) is 24.9 Å². The molecular formula is C30H36FN3O4S. The van der Waals surface area contributed by atoms with E-state index in [9.17, 15) is 22.4 Å². The zero-order chi connectivity index (χ0) is 28.6. The first kappa shape index (κ1) is 29.8. The average molecular weight is 554 g/mol. The Kier molecular flexibility index (Phi) is 10.2. The van der Waals surface area contributed by atoms with Crippen molar-refractivity contribution in [2.45, 2.75) is 52.2 Å². The first-order chi connectivity index (χ1) is 18.5. The van der Waals surface area contributed by atoms with E-state index in [1.54, 1.807) is 24.3 Å². The van der Waals surface area contributed by atoms with E-state index < -0.39 is 34.3 Å². The first-order valence-electron chi connectivity index (χ1n) is 12.9. The predicted molar refractivity (Wildman–Crippen MR) is 152 cm³/mol. The number of benzene rings is 3. The van der Waals surface area contributed by atoms with Crippen LogP contribution in [0.5, 0.6) is 0 Å². The molecule has 1 N–H and O–H groups in total. The van der Waals surface area contributed by atoms with Gasteiger partial charge in [0.1, 0.15) is 18.4 Å². The van der Waals surface area contributed by atoms with Gasteiger partial charge in [0, 0.05) is 19.0 Å². The molecule has 0 radical (unpaired) electrons. The van der Waals surface area contributed by atoms with Crippen molar-refractivity contribution in [3.8, 4) is 0 Å². The van der Waals surface area contributed by atoms with E-state index in [0.29, 0.717) is 17.7 Å². The number of rotatable bonds is 12. The number of para-hydroxylation sites is 1. The summed E-state index contributed by atoms with van der Waals surface area (Å²) in [5.41, 5.74) is 2.65. The topological polar surface area (TPSA) is 86.8 Å². The van der Waals surface area contributed by atoms with Crippen LogP contribution < -0.4 is 9.62 Å². The number of hydrogen-bond donors (Lipinski definition) is 1. The molecule has 0 spiro atoms. The van der Waals surface area contributed by atoms with E-state index in [0.717, 1.165) is 21.7 Å². The summed E-state index contributed by atoms with van der Waals surface area (Å²) in [6.07, 6.45) is 1.85. The van der Waals surface area contributed by atoms with E-state index >= 15 is 0 Å². The maximum Gasteiger partial charge on any atom is 0.244 e. The van der Waals surface area contributed by atoms with E-state index in [2.05, 4.69) is 5.32 Å². The molecule has 0 fully saturated rings. The van der Waals surface area contributed by atoms with E-state index in [4.69, 9.17) is 0 Å². The van der Waals surface area contributed by atoms with Crippen LogP contribution in [0.15, 0.2) is 78.9 Å². The molecule has 3 aromatic carbocycles. The number of anilines is 1. The fourth-order valence-electron chi connectivity index (χ4n) is 4.37. The first-order valence-corrected chi connectivity index (χ1v) is 14.8. The number of hydrogen-bond acceptors (Lipinski definition) is 4. The van der Waals surface area contributed by atoms with Crippen LogP contribution in [0.25, 0.3) is 0 Å². The van der Waals surface area contributed by atoms with Gasteiger partial charge in [-0.1, -0.05) is 67.6 Å². The number of halogens is 1. The van der Waals surface area contributed by atoms with E-state index in [1.165, 1.54) is 17.0 Å². The normalized spacial score (nSPS) is 12.2. The van der Waals surface area contributed by atoms with Gasteiger partial charge in [-0.25, -0.2) is 12.8 Å². The largest absolute Gasteiger partial charge is 0.352 e. The van der Waals surface area contributed by atoms with Crippen LogP contribution in [-0.2, 0) is 39.0 Å². The van der Waals surface area contributed by atoms with Gasteiger partial charge in [0.05, 0.1) is 11.9 Å². The highest BCUT2D eigenvalue weighted by molar-refractivity contribution is 7.92. The summed E-state index contributed by atoms with van der Waals surface area (Å²) in [4.78, 5) is 28.9. The van der Waals surface area contributed by atoms with Crippen LogP contribution in [0.3, 0.4) is 0 Å². The third-order valence-corrected chi connectivity index (χ3v) is 7.42. The molecule has 0 aliphatic carbocycles. The molecule has 0 bridgehead atoms. The van der Waals surface area contributed by atoms with Crippen molar-refractivity contribution >= 4 is 27.5 Å². The summed E-state index contributed by atoms with van der Waals surface area (Å²) in [5.74, 6) is -1.32. The molecule has 39 heavy (non-hydrogen) atoms. The second-order valence-electron chi connectivity index (χ2n) is 9.77. The molecule has 0 aliphatic rings. The highest BCUT2D eigenvalue weighted by atomic mass is 32.2. The summed E-state index contributed by atoms with van der Waals surface area (Å²) in [6, 6.07) is 20.9. The van der Waals surface area contributed by atoms with Crippen molar-refractivity contribution in [3.63, 3.8) is 0 Å². The van der Waals surface area contributed by atoms with Gasteiger partial charge < -0.3 is 10.2 Å². The molecule has 9 heteroatoms. The van der Waals surface area contributed by atoms with Gasteiger partial charge >= 0.3 is 0 Å². The maximum absolute atomic E-state index is 14.0. The second kappa shape index (κ2) is 13.4. The molecule has 0 aromatic heterocycles. The summed E-state index contributed by atoms with van der Waals surface area (Å²) in [6.45, 7) is 5.08. The molecule has 0 aliphatic heterocycles. The molecule has 2 amide bonds. The minimum atomic E-state index is -3.85. The minimum absolute atomic E-state index is 0.00481. The molecule has 1 atom stereocenters. The second-order valence-corrected chi connectivity index (χ2v) is 11.7. The average Bonchev–Trinajstić information content (AvgIpc) is 2.89. The molecule has 208 valence electrons. The van der Waals surface area contributed by atoms with Crippen molar-refractivity contribution < 1.29 is 22.4 Å². The fourth-order valence-corrected chi connectivity index (χ4v) is 5.25. The highest BCUT2D eigenvalue weighted by Crippen LogP contribution is 2.24. The van der Waals surface area contributed by atoms with Crippen LogP contribution >= 0.6 is 0 Å². The summed E-state index contributed by atoms with van der Waals surface area (Å²) in [7, 11) is -3.85. The van der Waals surface area contributed by atoms with Gasteiger partial charge in [-0.05, 0) is 55.2 Å². The Bertz CT molecular complexity index is 1360. The third kappa shape index (κ3) is 8.38. The Morgan fingerprint density at radius 1 is 0.897 bits per heavy atom. The number of carbonyl (C=O) groups excluding carboxylic acids is 2. The number of aryl methyl sites for hydroxylation is 1. The molecule has 7 nitrogen and oxygen atoms in total. The van der Waals surface area contributed by atoms with Crippen LogP contribution in [0, 0.1) is 5.82 Å². The van der Waals surface area contributed by atoms with E-state index in [1.807, 2.05) is 63.2 Å². The smallest absolute Gasteiger partial charge is 0.244 e. The lowest BCUT2D eigenvalue weighted by molar-refractivity contribution is -0.140. The lowest BCUT2D eigenvalue weighted by Gasteiger charge is -2.34. The van der Waals surface area contributed by atoms with Crippen LogP contribution in [0.4, 0.5) is 10.1 Å². The summed E-state index contributed by atoms with van der Waals surface area (Å²) in [5, 5.41) is 2.90. The number of carbonyl (C=O) groups is 2. The number of sulfonamides is 1. The van der Waals surface area contributed by atoms with Crippen molar-refractivity contribution in [2.24, 2.45) is 0 Å². The standard InChI is InChI=1S/C30H36FN3O4S/c1-5-25-13-9-10-14-27(25)34(39(4,37)38)21-29(35)33(20-24-15-17-26(31)18-16-24)28(30(36)32-22(2)3)19-23-11-7-6-8-12-23/h6-18,22,28H,5,19-21H2,1-4H3,(H,32,36). The van der Waals surface area contributed by atoms with Crippen LogP contribution in [0.1, 0.15) is 37.5 Å². The lowest BCUT2D eigenvalue weighted by atomic mass is 10.0. The van der Waals surface area contributed by atoms with Gasteiger partial charge in [0.15, 0.2) is 0 Å². The lowest BCUT2D eigenvalue weighted by Crippen LogP contribution is -2.54. The zero-order valence-electron chi connectivity index (χ0n) is 22.8. The quantitative estimate of drug-likeness (QED) is 0.362. The number of nitrogens with zero attached hydrogens (tertiary/aromatic N) is 2. The van der Waals surface area contributed by atoms with Gasteiger partial charge in [0.2, 0.25) is 21.8 Å². The maximum atomic E-state index is 14.0. The molecule has 0 saturated heterocycles. The summed E-state index contributed by atoms with van der Waals surface area (Å²) >= 11 is 0. The zero-order valence-corrected chi connectivity index (χ0v) is 23.6. The minimum Gasteiger partial charge on any atom is -0.352 e. The Labute approximate surface area is 230 Å². The van der Waals surface area contributed by atoms with Gasteiger partial charge in [-0.3, -0.25) is 13.9 Å². The van der Waals surface area contributed by atoms with Crippen molar-refractivity contribution in [1.82, 2.24) is 10.2 Å². The Morgan fingerprint density at radius 3 is 2.10 bits per heavy atom. The third-order valence-electron chi connectivity index (χ3n) is 6.29. The molecular weight excluding hydrogens is 517 g/mol. The monoisotopic (exact) mass is 553 g/mol. The van der Waals surface area contributed by atoms with Crippen molar-refractivity contribution in [2.75, 3.05) is 17.1 Å². The van der Waals surface area contributed by atoms with Crippen molar-refractivity contribution in [1.29, 1.82) is 0 Å². The van der Waals surface area contributed by atoms with Crippen LogP contribution in [0.2, 0.25) is 0 Å². The number of amides is 2. The van der Waals surface area contributed by atoms with Crippen molar-refractivity contribution in [3.05, 3.63) is 101 Å². The fraction of sp³-hybridized carbons (Fsp3) is 0.333.